The number of nitrogen functional groups attached to an aromatic ring is 1. The van der Waals surface area contributed by atoms with Crippen LogP contribution in [0.3, 0.4) is 0 Å². The van der Waals surface area contributed by atoms with E-state index in [4.69, 9.17) is 10.5 Å². The van der Waals surface area contributed by atoms with Crippen molar-refractivity contribution in [2.75, 3.05) is 31.9 Å². The highest BCUT2D eigenvalue weighted by Gasteiger charge is 2.29. The van der Waals surface area contributed by atoms with Crippen LogP contribution in [-0.4, -0.2) is 43.0 Å². The van der Waals surface area contributed by atoms with E-state index in [1.165, 1.54) is 6.92 Å². The molecule has 0 spiro atoms. The number of hydrogen-bond acceptors (Lipinski definition) is 5. The summed E-state index contributed by atoms with van der Waals surface area (Å²) in [7, 11) is 0. The van der Waals surface area contributed by atoms with Crippen LogP contribution in [0.4, 0.5) is 5.69 Å². The van der Waals surface area contributed by atoms with Gasteiger partial charge in [-0.15, -0.1) is 0 Å². The van der Waals surface area contributed by atoms with Crippen molar-refractivity contribution in [1.29, 1.82) is 0 Å². The Hall–Kier alpha value is -2.08. The number of carbonyl (C=O) groups is 2. The number of piperazine rings is 1. The van der Waals surface area contributed by atoms with Gasteiger partial charge in [-0.1, -0.05) is 12.1 Å². The second-order valence-corrected chi connectivity index (χ2v) is 4.73. The molecule has 6 heteroatoms. The van der Waals surface area contributed by atoms with Crippen LogP contribution in [-0.2, 0) is 14.3 Å². The van der Waals surface area contributed by atoms with Gasteiger partial charge in [0.2, 0.25) is 6.10 Å². The molecular formula is C14H19N3O3. The van der Waals surface area contributed by atoms with E-state index >= 15 is 0 Å². The first kappa shape index (κ1) is 14.3. The molecule has 0 bridgehead atoms. The molecule has 0 radical (unpaired) electrons. The summed E-state index contributed by atoms with van der Waals surface area (Å²) < 4.78 is 5.20. The molecule has 1 unspecified atom stereocenters. The quantitative estimate of drug-likeness (QED) is 0.613. The number of nitrogens with one attached hydrogen (secondary N) is 1. The lowest BCUT2D eigenvalue weighted by molar-refractivity contribution is -0.159. The number of esters is 1. The minimum Gasteiger partial charge on any atom is -0.447 e. The molecule has 1 fully saturated rings. The Labute approximate surface area is 117 Å². The van der Waals surface area contributed by atoms with Crippen LogP contribution >= 0.6 is 0 Å². The molecule has 1 saturated heterocycles. The zero-order valence-electron chi connectivity index (χ0n) is 11.5. The summed E-state index contributed by atoms with van der Waals surface area (Å²) in [5.41, 5.74) is 6.87. The SMILES string of the molecule is CC(=O)OC(C(=O)N1CCNCC1)c1ccc(N)cc1. The molecule has 0 aliphatic carbocycles. The van der Waals surface area contributed by atoms with Gasteiger partial charge in [0, 0.05) is 44.4 Å². The maximum absolute atomic E-state index is 12.5. The molecule has 1 aromatic rings. The van der Waals surface area contributed by atoms with E-state index < -0.39 is 12.1 Å². The van der Waals surface area contributed by atoms with Crippen molar-refractivity contribution in [3.63, 3.8) is 0 Å². The maximum Gasteiger partial charge on any atom is 0.303 e. The molecule has 1 amide bonds. The Bertz CT molecular complexity index is 481. The number of rotatable bonds is 3. The smallest absolute Gasteiger partial charge is 0.303 e. The molecule has 6 nitrogen and oxygen atoms in total. The predicted octanol–water partition coefficient (Wildman–Crippen LogP) is 0.305. The fourth-order valence-electron chi connectivity index (χ4n) is 2.15. The van der Waals surface area contributed by atoms with E-state index in [1.807, 2.05) is 0 Å². The summed E-state index contributed by atoms with van der Waals surface area (Å²) in [5, 5.41) is 3.18. The van der Waals surface area contributed by atoms with E-state index in [0.29, 0.717) is 24.3 Å². The molecule has 0 saturated carbocycles. The van der Waals surface area contributed by atoms with Gasteiger partial charge < -0.3 is 20.7 Å². The van der Waals surface area contributed by atoms with Crippen molar-refractivity contribution in [2.45, 2.75) is 13.0 Å². The lowest BCUT2D eigenvalue weighted by atomic mass is 10.1. The normalized spacial score (nSPS) is 16.6. The number of anilines is 1. The van der Waals surface area contributed by atoms with Crippen molar-refractivity contribution in [1.82, 2.24) is 10.2 Å². The topological polar surface area (TPSA) is 84.7 Å². The van der Waals surface area contributed by atoms with Gasteiger partial charge in [-0.25, -0.2) is 0 Å². The number of ether oxygens (including phenoxy) is 1. The third kappa shape index (κ3) is 3.48. The van der Waals surface area contributed by atoms with Gasteiger partial charge in [0.05, 0.1) is 0 Å². The zero-order valence-corrected chi connectivity index (χ0v) is 11.5. The van der Waals surface area contributed by atoms with Gasteiger partial charge >= 0.3 is 5.97 Å². The fourth-order valence-corrected chi connectivity index (χ4v) is 2.15. The highest BCUT2D eigenvalue weighted by Crippen LogP contribution is 2.22. The number of benzene rings is 1. The van der Waals surface area contributed by atoms with E-state index in [-0.39, 0.29) is 5.91 Å². The van der Waals surface area contributed by atoms with Crippen LogP contribution in [0.1, 0.15) is 18.6 Å². The molecule has 3 N–H and O–H groups in total. The van der Waals surface area contributed by atoms with Crippen LogP contribution in [0.2, 0.25) is 0 Å². The predicted molar refractivity (Wildman–Crippen MR) is 74.8 cm³/mol. The lowest BCUT2D eigenvalue weighted by Crippen LogP contribution is -2.48. The van der Waals surface area contributed by atoms with Crippen molar-refractivity contribution < 1.29 is 14.3 Å². The van der Waals surface area contributed by atoms with E-state index in [0.717, 1.165) is 13.1 Å². The first-order chi connectivity index (χ1) is 9.58. The van der Waals surface area contributed by atoms with Gasteiger partial charge in [-0.2, -0.15) is 0 Å². The largest absolute Gasteiger partial charge is 0.447 e. The third-order valence-corrected chi connectivity index (χ3v) is 3.18. The third-order valence-electron chi connectivity index (χ3n) is 3.18. The molecule has 0 aromatic heterocycles. The van der Waals surface area contributed by atoms with Crippen LogP contribution in [0.5, 0.6) is 0 Å². The van der Waals surface area contributed by atoms with Crippen LogP contribution in [0.25, 0.3) is 0 Å². The van der Waals surface area contributed by atoms with Gasteiger partial charge in [0.1, 0.15) is 0 Å². The molecule has 2 rings (SSSR count). The molecular weight excluding hydrogens is 258 g/mol. The number of hydrogen-bond donors (Lipinski definition) is 2. The van der Waals surface area contributed by atoms with Gasteiger partial charge in [-0.3, -0.25) is 9.59 Å². The first-order valence-corrected chi connectivity index (χ1v) is 6.60. The minimum atomic E-state index is -0.897. The van der Waals surface area contributed by atoms with E-state index in [1.54, 1.807) is 29.2 Å². The molecule has 1 atom stereocenters. The average Bonchev–Trinajstić information content (AvgIpc) is 2.46. The summed E-state index contributed by atoms with van der Waals surface area (Å²) in [5.74, 6) is -0.665. The van der Waals surface area contributed by atoms with Crippen molar-refractivity contribution in [3.8, 4) is 0 Å². The Morgan fingerprint density at radius 3 is 2.40 bits per heavy atom. The molecule has 108 valence electrons. The lowest BCUT2D eigenvalue weighted by Gasteiger charge is -2.30. The van der Waals surface area contributed by atoms with Crippen molar-refractivity contribution >= 4 is 17.6 Å². The molecule has 1 heterocycles. The van der Waals surface area contributed by atoms with Crippen molar-refractivity contribution in [2.24, 2.45) is 0 Å². The van der Waals surface area contributed by atoms with Crippen LogP contribution < -0.4 is 11.1 Å². The van der Waals surface area contributed by atoms with Crippen LogP contribution in [0.15, 0.2) is 24.3 Å². The Kier molecular flexibility index (Phi) is 4.57. The summed E-state index contributed by atoms with van der Waals surface area (Å²) in [6.07, 6.45) is -0.897. The number of nitrogens with two attached hydrogens (primary N) is 1. The van der Waals surface area contributed by atoms with Gasteiger partial charge in [0.25, 0.3) is 5.91 Å². The van der Waals surface area contributed by atoms with Gasteiger partial charge in [-0.05, 0) is 12.1 Å². The summed E-state index contributed by atoms with van der Waals surface area (Å²) in [4.78, 5) is 25.5. The minimum absolute atomic E-state index is 0.188. The fraction of sp³-hybridized carbons (Fsp3) is 0.429. The molecule has 1 aliphatic heterocycles. The highest BCUT2D eigenvalue weighted by molar-refractivity contribution is 5.85. The van der Waals surface area contributed by atoms with E-state index in [2.05, 4.69) is 5.32 Å². The average molecular weight is 277 g/mol. The van der Waals surface area contributed by atoms with Crippen molar-refractivity contribution in [3.05, 3.63) is 29.8 Å². The van der Waals surface area contributed by atoms with Gasteiger partial charge in [0.15, 0.2) is 0 Å². The zero-order chi connectivity index (χ0) is 14.5. The highest BCUT2D eigenvalue weighted by atomic mass is 16.5. The Balaban J connectivity index is 2.19. The Morgan fingerprint density at radius 2 is 1.85 bits per heavy atom. The standard InChI is InChI=1S/C14H19N3O3/c1-10(18)20-13(11-2-4-12(15)5-3-11)14(19)17-8-6-16-7-9-17/h2-5,13,16H,6-9,15H2,1H3. The first-order valence-electron chi connectivity index (χ1n) is 6.60. The summed E-state index contributed by atoms with van der Waals surface area (Å²) in [6.45, 7) is 4.03. The monoisotopic (exact) mass is 277 g/mol. The summed E-state index contributed by atoms with van der Waals surface area (Å²) in [6, 6.07) is 6.81. The Morgan fingerprint density at radius 1 is 1.25 bits per heavy atom. The molecule has 1 aliphatic rings. The number of amides is 1. The summed E-state index contributed by atoms with van der Waals surface area (Å²) >= 11 is 0. The molecule has 20 heavy (non-hydrogen) atoms. The number of carbonyl (C=O) groups excluding carboxylic acids is 2. The van der Waals surface area contributed by atoms with E-state index in [9.17, 15) is 9.59 Å². The maximum atomic E-state index is 12.5. The second kappa shape index (κ2) is 6.38. The second-order valence-electron chi connectivity index (χ2n) is 4.73. The van der Waals surface area contributed by atoms with Crippen LogP contribution in [0, 0.1) is 0 Å². The number of nitrogens with zero attached hydrogens (tertiary/aromatic N) is 1. The molecule has 1 aromatic carbocycles.